The Labute approximate surface area is 189 Å². The molecule has 5 nitrogen and oxygen atoms in total. The van der Waals surface area contributed by atoms with Crippen LogP contribution in [0.15, 0.2) is 72.1 Å². The number of ether oxygens (including phenoxy) is 2. The fourth-order valence-corrected chi connectivity index (χ4v) is 4.04. The minimum absolute atomic E-state index is 0.175. The zero-order valence-corrected chi connectivity index (χ0v) is 18.4. The van der Waals surface area contributed by atoms with E-state index in [1.807, 2.05) is 42.6 Å². The molecule has 4 rings (SSSR count). The van der Waals surface area contributed by atoms with Crippen LogP contribution in [-0.2, 0) is 4.79 Å². The lowest BCUT2D eigenvalue weighted by Gasteiger charge is -2.13. The summed E-state index contributed by atoms with van der Waals surface area (Å²) in [4.78, 5) is 17.1. The third-order valence-corrected chi connectivity index (χ3v) is 5.64. The minimum atomic E-state index is -0.321. The SMILES string of the molecule is COc1cc(C)ccc1OCC(=O)Nc1ccccc1-c1csc(-c2ccccc2F)n1. The number of amides is 1. The van der Waals surface area contributed by atoms with E-state index in [-0.39, 0.29) is 18.3 Å². The van der Waals surface area contributed by atoms with E-state index in [1.54, 1.807) is 37.4 Å². The van der Waals surface area contributed by atoms with Crippen LogP contribution < -0.4 is 14.8 Å². The fraction of sp³-hybridized carbons (Fsp3) is 0.120. The van der Waals surface area contributed by atoms with Gasteiger partial charge in [-0.3, -0.25) is 4.79 Å². The van der Waals surface area contributed by atoms with E-state index in [0.717, 1.165) is 11.1 Å². The van der Waals surface area contributed by atoms with Gasteiger partial charge in [0.2, 0.25) is 0 Å². The Kier molecular flexibility index (Phi) is 6.47. The number of carbonyl (C=O) groups is 1. The topological polar surface area (TPSA) is 60.5 Å². The zero-order chi connectivity index (χ0) is 22.5. The summed E-state index contributed by atoms with van der Waals surface area (Å²) in [5.41, 5.74) is 3.48. The van der Waals surface area contributed by atoms with E-state index in [2.05, 4.69) is 10.3 Å². The van der Waals surface area contributed by atoms with Crippen molar-refractivity contribution in [2.45, 2.75) is 6.92 Å². The van der Waals surface area contributed by atoms with Crippen LogP contribution in [-0.4, -0.2) is 24.6 Å². The number of aromatic nitrogens is 1. The smallest absolute Gasteiger partial charge is 0.262 e. The number of aryl methyl sites for hydroxylation is 1. The van der Waals surface area contributed by atoms with Crippen molar-refractivity contribution >= 4 is 22.9 Å². The summed E-state index contributed by atoms with van der Waals surface area (Å²) < 4.78 is 25.1. The van der Waals surface area contributed by atoms with Crippen LogP contribution in [0, 0.1) is 12.7 Å². The first kappa shape index (κ1) is 21.5. The Hall–Kier alpha value is -3.71. The number of thiazole rings is 1. The van der Waals surface area contributed by atoms with Gasteiger partial charge in [0.05, 0.1) is 18.5 Å². The highest BCUT2D eigenvalue weighted by Crippen LogP contribution is 2.34. The fourth-order valence-electron chi connectivity index (χ4n) is 3.19. The second kappa shape index (κ2) is 9.62. The Morgan fingerprint density at radius 2 is 1.78 bits per heavy atom. The van der Waals surface area contributed by atoms with Gasteiger partial charge in [0.1, 0.15) is 10.8 Å². The lowest BCUT2D eigenvalue weighted by atomic mass is 10.1. The van der Waals surface area contributed by atoms with Gasteiger partial charge in [-0.15, -0.1) is 11.3 Å². The van der Waals surface area contributed by atoms with Gasteiger partial charge < -0.3 is 14.8 Å². The van der Waals surface area contributed by atoms with Crippen molar-refractivity contribution in [3.05, 3.63) is 83.5 Å². The van der Waals surface area contributed by atoms with Gasteiger partial charge in [-0.1, -0.05) is 36.4 Å². The second-order valence-electron chi connectivity index (χ2n) is 7.05. The average Bonchev–Trinajstić information content (AvgIpc) is 3.28. The molecule has 1 heterocycles. The zero-order valence-electron chi connectivity index (χ0n) is 17.6. The van der Waals surface area contributed by atoms with Crippen LogP contribution in [0.5, 0.6) is 11.5 Å². The van der Waals surface area contributed by atoms with Gasteiger partial charge in [0.25, 0.3) is 5.91 Å². The Bertz CT molecular complexity index is 1260. The number of nitrogens with zero attached hydrogens (tertiary/aromatic N) is 1. The standard InChI is InChI=1S/C25H21FN2O3S/c1-16-11-12-22(23(13-16)30-2)31-14-24(29)27-20-10-6-4-8-18(20)21-15-32-25(28-21)17-7-3-5-9-19(17)26/h3-13,15H,14H2,1-2H3,(H,27,29). The van der Waals surface area contributed by atoms with Crippen molar-refractivity contribution in [1.29, 1.82) is 0 Å². The highest BCUT2D eigenvalue weighted by molar-refractivity contribution is 7.13. The number of halogens is 1. The largest absolute Gasteiger partial charge is 0.493 e. The Morgan fingerprint density at radius 1 is 1.03 bits per heavy atom. The van der Waals surface area contributed by atoms with Crippen LogP contribution in [0.25, 0.3) is 21.8 Å². The van der Waals surface area contributed by atoms with E-state index in [1.165, 1.54) is 17.4 Å². The summed E-state index contributed by atoms with van der Waals surface area (Å²) in [5, 5.41) is 5.30. The number of carbonyl (C=O) groups excluding carboxylic acids is 1. The maximum Gasteiger partial charge on any atom is 0.262 e. The summed E-state index contributed by atoms with van der Waals surface area (Å²) in [6.07, 6.45) is 0. The molecule has 0 saturated carbocycles. The number of nitrogens with one attached hydrogen (secondary N) is 1. The maximum atomic E-state index is 14.1. The first-order chi connectivity index (χ1) is 15.5. The molecule has 1 N–H and O–H groups in total. The van der Waals surface area contributed by atoms with Crippen molar-refractivity contribution in [3.63, 3.8) is 0 Å². The minimum Gasteiger partial charge on any atom is -0.493 e. The Balaban J connectivity index is 1.50. The van der Waals surface area contributed by atoms with E-state index >= 15 is 0 Å². The van der Waals surface area contributed by atoms with Crippen LogP contribution >= 0.6 is 11.3 Å². The van der Waals surface area contributed by atoms with Gasteiger partial charge >= 0.3 is 0 Å². The number of hydrogen-bond donors (Lipinski definition) is 1. The van der Waals surface area contributed by atoms with E-state index in [4.69, 9.17) is 9.47 Å². The first-order valence-corrected chi connectivity index (χ1v) is 10.8. The third kappa shape index (κ3) is 4.78. The van der Waals surface area contributed by atoms with Gasteiger partial charge in [0.15, 0.2) is 18.1 Å². The number of rotatable bonds is 7. The Morgan fingerprint density at radius 3 is 2.56 bits per heavy atom. The van der Waals surface area contributed by atoms with Crippen molar-refractivity contribution in [1.82, 2.24) is 4.98 Å². The molecular weight excluding hydrogens is 427 g/mol. The van der Waals surface area contributed by atoms with Gasteiger partial charge in [-0.25, -0.2) is 9.37 Å². The highest BCUT2D eigenvalue weighted by atomic mass is 32.1. The number of hydrogen-bond acceptors (Lipinski definition) is 5. The lowest BCUT2D eigenvalue weighted by Crippen LogP contribution is -2.20. The van der Waals surface area contributed by atoms with Crippen molar-refractivity contribution < 1.29 is 18.7 Å². The molecule has 0 radical (unpaired) electrons. The van der Waals surface area contributed by atoms with E-state index in [9.17, 15) is 9.18 Å². The maximum absolute atomic E-state index is 14.1. The predicted molar refractivity (Wildman–Crippen MR) is 125 cm³/mol. The molecule has 0 unspecified atom stereocenters. The summed E-state index contributed by atoms with van der Waals surface area (Å²) in [7, 11) is 1.56. The molecule has 0 bridgehead atoms. The number of benzene rings is 3. The molecule has 0 fully saturated rings. The van der Waals surface area contributed by atoms with Crippen molar-refractivity contribution in [2.75, 3.05) is 19.0 Å². The molecule has 0 saturated heterocycles. The lowest BCUT2D eigenvalue weighted by molar-refractivity contribution is -0.118. The number of anilines is 1. The quantitative estimate of drug-likeness (QED) is 0.379. The normalized spacial score (nSPS) is 10.6. The first-order valence-electron chi connectivity index (χ1n) is 9.92. The molecule has 0 aliphatic rings. The van der Waals surface area contributed by atoms with Crippen molar-refractivity contribution in [3.8, 4) is 33.3 Å². The van der Waals surface area contributed by atoms with Crippen LogP contribution in [0.2, 0.25) is 0 Å². The summed E-state index contributed by atoms with van der Waals surface area (Å²) in [6.45, 7) is 1.78. The molecule has 0 aliphatic heterocycles. The molecule has 32 heavy (non-hydrogen) atoms. The molecule has 162 valence electrons. The molecule has 0 aliphatic carbocycles. The monoisotopic (exact) mass is 448 g/mol. The second-order valence-corrected chi connectivity index (χ2v) is 7.91. The summed E-state index contributed by atoms with van der Waals surface area (Å²) in [6, 6.07) is 19.4. The molecule has 4 aromatic rings. The molecule has 3 aromatic carbocycles. The summed E-state index contributed by atoms with van der Waals surface area (Å²) in [5.74, 6) is 0.431. The number of para-hydroxylation sites is 1. The average molecular weight is 449 g/mol. The van der Waals surface area contributed by atoms with Crippen molar-refractivity contribution in [2.24, 2.45) is 0 Å². The molecular formula is C25H21FN2O3S. The third-order valence-electron chi connectivity index (χ3n) is 4.76. The highest BCUT2D eigenvalue weighted by Gasteiger charge is 2.15. The molecule has 0 atom stereocenters. The van der Waals surface area contributed by atoms with E-state index in [0.29, 0.717) is 33.5 Å². The van der Waals surface area contributed by atoms with Crippen LogP contribution in [0.3, 0.4) is 0 Å². The van der Waals surface area contributed by atoms with Crippen LogP contribution in [0.4, 0.5) is 10.1 Å². The van der Waals surface area contributed by atoms with Gasteiger partial charge in [0, 0.05) is 16.5 Å². The molecule has 0 spiro atoms. The molecule has 7 heteroatoms. The van der Waals surface area contributed by atoms with Crippen LogP contribution in [0.1, 0.15) is 5.56 Å². The molecule has 1 amide bonds. The number of methoxy groups -OCH3 is 1. The summed E-state index contributed by atoms with van der Waals surface area (Å²) >= 11 is 1.35. The molecule has 1 aromatic heterocycles. The van der Waals surface area contributed by atoms with Gasteiger partial charge in [-0.2, -0.15) is 0 Å². The van der Waals surface area contributed by atoms with E-state index < -0.39 is 0 Å². The van der Waals surface area contributed by atoms with Gasteiger partial charge in [-0.05, 0) is 42.8 Å². The predicted octanol–water partition coefficient (Wildman–Crippen LogP) is 5.95.